The van der Waals surface area contributed by atoms with E-state index < -0.39 is 11.8 Å². The number of thioether (sulfide) groups is 1. The summed E-state index contributed by atoms with van der Waals surface area (Å²) in [6, 6.07) is 4.06. The predicted octanol–water partition coefficient (Wildman–Crippen LogP) is 3.79. The van der Waals surface area contributed by atoms with Gasteiger partial charge in [0.25, 0.3) is 5.76 Å². The van der Waals surface area contributed by atoms with Gasteiger partial charge in [-0.3, -0.25) is 0 Å². The molecule has 1 aromatic carbocycles. The predicted molar refractivity (Wildman–Crippen MR) is 81.2 cm³/mol. The summed E-state index contributed by atoms with van der Waals surface area (Å²) < 4.78 is 25.0. The lowest BCUT2D eigenvalue weighted by atomic mass is 10.1. The van der Waals surface area contributed by atoms with E-state index in [-0.39, 0.29) is 39.9 Å². The molecule has 0 aliphatic carbocycles. The van der Waals surface area contributed by atoms with Crippen molar-refractivity contribution < 1.29 is 18.7 Å². The van der Waals surface area contributed by atoms with Crippen LogP contribution in [-0.2, 0) is 0 Å². The molecule has 2 amide bonds. The summed E-state index contributed by atoms with van der Waals surface area (Å²) in [4.78, 5) is 11.9. The second-order valence-corrected chi connectivity index (χ2v) is 5.86. The molecule has 1 aromatic rings. The minimum Gasteiger partial charge on any atom is -0.396 e. The third kappa shape index (κ3) is 6.50. The fourth-order valence-corrected chi connectivity index (χ4v) is 2.49. The Labute approximate surface area is 131 Å². The molecule has 0 bridgehead atoms. The van der Waals surface area contributed by atoms with Gasteiger partial charge in [0.05, 0.1) is 15.6 Å². The molecule has 1 unspecified atom stereocenters. The summed E-state index contributed by atoms with van der Waals surface area (Å²) in [6.45, 7) is 2.31. The number of hydrogen-bond acceptors (Lipinski definition) is 3. The maximum absolute atomic E-state index is 12.5. The number of rotatable bonds is 7. The lowest BCUT2D eigenvalue weighted by molar-refractivity contribution is 0.243. The van der Waals surface area contributed by atoms with E-state index in [0.717, 1.165) is 0 Å². The third-order valence-corrected chi connectivity index (χ3v) is 3.94. The summed E-state index contributed by atoms with van der Waals surface area (Å²) in [5.74, 6) is -2.51. The molecule has 0 aliphatic heterocycles. The quantitative estimate of drug-likeness (QED) is 0.663. The maximum Gasteiger partial charge on any atom is 0.319 e. The van der Waals surface area contributed by atoms with Gasteiger partial charge in [0.2, 0.25) is 0 Å². The van der Waals surface area contributed by atoms with Gasteiger partial charge < -0.3 is 15.7 Å². The van der Waals surface area contributed by atoms with Crippen molar-refractivity contribution in [3.8, 4) is 0 Å². The zero-order valence-electron chi connectivity index (χ0n) is 11.4. The first kappa shape index (κ1) is 18.0. The molecular weight excluding hydrogens is 322 g/mol. The Hall–Kier alpha value is -1.05. The van der Waals surface area contributed by atoms with Crippen molar-refractivity contribution in [2.24, 2.45) is 5.92 Å². The van der Waals surface area contributed by atoms with Gasteiger partial charge in [-0.05, 0) is 24.5 Å². The number of alkyl halides is 2. The van der Waals surface area contributed by atoms with Crippen molar-refractivity contribution in [2.75, 3.05) is 18.5 Å². The van der Waals surface area contributed by atoms with Crippen LogP contribution >= 0.6 is 23.4 Å². The third-order valence-electron chi connectivity index (χ3n) is 2.66. The van der Waals surface area contributed by atoms with Crippen molar-refractivity contribution in [3.63, 3.8) is 0 Å². The smallest absolute Gasteiger partial charge is 0.319 e. The van der Waals surface area contributed by atoms with E-state index in [1.807, 2.05) is 6.92 Å². The molecule has 118 valence electrons. The summed E-state index contributed by atoms with van der Waals surface area (Å²) >= 11 is 6.16. The Balaban J connectivity index is 2.65. The van der Waals surface area contributed by atoms with Crippen molar-refractivity contribution in [2.45, 2.75) is 24.0 Å². The Morgan fingerprint density at radius 1 is 1.48 bits per heavy atom. The molecule has 3 N–H and O–H groups in total. The number of carbonyl (C=O) groups excluding carboxylic acids is 1. The molecule has 0 aromatic heterocycles. The first-order valence-corrected chi connectivity index (χ1v) is 7.58. The van der Waals surface area contributed by atoms with Gasteiger partial charge in [-0.1, -0.05) is 36.4 Å². The number of benzene rings is 1. The normalized spacial score (nSPS) is 12.3. The number of nitrogens with one attached hydrogen (secondary N) is 2. The van der Waals surface area contributed by atoms with E-state index in [9.17, 15) is 13.6 Å². The number of urea groups is 1. The number of aliphatic hydroxyl groups excluding tert-OH is 1. The Morgan fingerprint density at radius 3 is 2.81 bits per heavy atom. The van der Waals surface area contributed by atoms with Gasteiger partial charge in [-0.15, -0.1) is 0 Å². The van der Waals surface area contributed by atoms with Gasteiger partial charge in [-0.25, -0.2) is 4.79 Å². The van der Waals surface area contributed by atoms with Gasteiger partial charge in [-0.2, -0.15) is 8.78 Å². The van der Waals surface area contributed by atoms with E-state index in [1.165, 1.54) is 12.1 Å². The monoisotopic (exact) mass is 338 g/mol. The molecule has 8 heteroatoms. The van der Waals surface area contributed by atoms with Crippen LogP contribution in [0.4, 0.5) is 19.3 Å². The first-order chi connectivity index (χ1) is 9.93. The number of hydrogen-bond donors (Lipinski definition) is 3. The van der Waals surface area contributed by atoms with Crippen LogP contribution in [0.25, 0.3) is 0 Å². The van der Waals surface area contributed by atoms with Crippen LogP contribution in [0.2, 0.25) is 5.02 Å². The van der Waals surface area contributed by atoms with Crippen LogP contribution in [0.3, 0.4) is 0 Å². The van der Waals surface area contributed by atoms with Gasteiger partial charge >= 0.3 is 6.03 Å². The average molecular weight is 339 g/mol. The standard InChI is InChI=1S/C13H17ClF2N2O2S/c1-8(5-6-19)7-17-13(20)18-10-4-2-3-9(14)11(10)21-12(15)16/h2-4,8,12,19H,5-7H2,1H3,(H2,17,18,20). The van der Waals surface area contributed by atoms with Crippen molar-refractivity contribution in [1.82, 2.24) is 5.32 Å². The van der Waals surface area contributed by atoms with E-state index >= 15 is 0 Å². The number of amides is 2. The molecule has 21 heavy (non-hydrogen) atoms. The molecule has 4 nitrogen and oxygen atoms in total. The van der Waals surface area contributed by atoms with Crippen LogP contribution in [0, 0.1) is 5.92 Å². The molecule has 0 saturated heterocycles. The molecule has 1 rings (SSSR count). The van der Waals surface area contributed by atoms with E-state index in [2.05, 4.69) is 10.6 Å². The second-order valence-electron chi connectivity index (χ2n) is 4.45. The van der Waals surface area contributed by atoms with Crippen molar-refractivity contribution in [1.29, 1.82) is 0 Å². The number of halogens is 3. The summed E-state index contributed by atoms with van der Waals surface area (Å²) in [5.41, 5.74) is 0.236. The maximum atomic E-state index is 12.5. The fourth-order valence-electron chi connectivity index (χ4n) is 1.57. The van der Waals surface area contributed by atoms with E-state index in [4.69, 9.17) is 16.7 Å². The van der Waals surface area contributed by atoms with Crippen LogP contribution in [0.5, 0.6) is 0 Å². The molecule has 0 heterocycles. The highest BCUT2D eigenvalue weighted by Gasteiger charge is 2.15. The minimum absolute atomic E-state index is 0.0495. The SMILES string of the molecule is CC(CCO)CNC(=O)Nc1cccc(Cl)c1SC(F)F. The lowest BCUT2D eigenvalue weighted by Crippen LogP contribution is -2.32. The van der Waals surface area contributed by atoms with Crippen LogP contribution < -0.4 is 10.6 Å². The first-order valence-electron chi connectivity index (χ1n) is 6.33. The van der Waals surface area contributed by atoms with E-state index in [1.54, 1.807) is 6.07 Å². The summed E-state index contributed by atoms with van der Waals surface area (Å²) in [6.07, 6.45) is 0.573. The highest BCUT2D eigenvalue weighted by molar-refractivity contribution is 7.99. The second kappa shape index (κ2) is 9.07. The highest BCUT2D eigenvalue weighted by atomic mass is 35.5. The van der Waals surface area contributed by atoms with Crippen molar-refractivity contribution >= 4 is 35.1 Å². The molecule has 0 radical (unpaired) electrons. The number of carbonyl (C=O) groups is 1. The number of anilines is 1. The van der Waals surface area contributed by atoms with Crippen LogP contribution in [0.1, 0.15) is 13.3 Å². The van der Waals surface area contributed by atoms with Crippen LogP contribution in [0.15, 0.2) is 23.1 Å². The topological polar surface area (TPSA) is 61.4 Å². The fraction of sp³-hybridized carbons (Fsp3) is 0.462. The highest BCUT2D eigenvalue weighted by Crippen LogP contribution is 2.37. The Bertz CT molecular complexity index is 477. The molecule has 0 spiro atoms. The average Bonchev–Trinajstić information content (AvgIpc) is 2.40. The van der Waals surface area contributed by atoms with Gasteiger partial charge in [0.15, 0.2) is 0 Å². The zero-order chi connectivity index (χ0) is 15.8. The van der Waals surface area contributed by atoms with Crippen molar-refractivity contribution in [3.05, 3.63) is 23.2 Å². The molecule has 1 atom stereocenters. The molecule has 0 fully saturated rings. The van der Waals surface area contributed by atoms with Crippen LogP contribution in [-0.4, -0.2) is 30.0 Å². The van der Waals surface area contributed by atoms with E-state index in [0.29, 0.717) is 13.0 Å². The summed E-state index contributed by atoms with van der Waals surface area (Å²) in [5, 5.41) is 14.0. The largest absolute Gasteiger partial charge is 0.396 e. The zero-order valence-corrected chi connectivity index (χ0v) is 13.0. The summed E-state index contributed by atoms with van der Waals surface area (Å²) in [7, 11) is 0. The van der Waals surface area contributed by atoms with Gasteiger partial charge in [0.1, 0.15) is 0 Å². The molecule has 0 aliphatic rings. The Morgan fingerprint density at radius 2 is 2.19 bits per heavy atom. The van der Waals surface area contributed by atoms with Gasteiger partial charge in [0, 0.05) is 13.2 Å². The Kier molecular flexibility index (Phi) is 7.77. The lowest BCUT2D eigenvalue weighted by Gasteiger charge is -2.14. The minimum atomic E-state index is -2.63. The molecule has 0 saturated carbocycles. The number of aliphatic hydroxyl groups is 1. The molecular formula is C13H17ClF2N2O2S.